The molecular formula is C13H20N4OS. The number of aromatic nitrogens is 2. The van der Waals surface area contributed by atoms with E-state index in [0.29, 0.717) is 12.1 Å². The number of hydrogen-bond donors (Lipinski definition) is 1. The van der Waals surface area contributed by atoms with Crippen LogP contribution < -0.4 is 5.32 Å². The van der Waals surface area contributed by atoms with Crippen molar-refractivity contribution < 1.29 is 4.79 Å². The molecule has 2 atom stereocenters. The molecule has 1 aromatic heterocycles. The minimum absolute atomic E-state index is 0.142. The van der Waals surface area contributed by atoms with Crippen molar-refractivity contribution in [1.82, 2.24) is 19.8 Å². The molecule has 2 aliphatic rings. The van der Waals surface area contributed by atoms with Gasteiger partial charge in [-0.05, 0) is 50.2 Å². The topological polar surface area (TPSA) is 58.1 Å². The van der Waals surface area contributed by atoms with E-state index >= 15 is 0 Å². The van der Waals surface area contributed by atoms with Gasteiger partial charge in [0.25, 0.3) is 5.91 Å². The summed E-state index contributed by atoms with van der Waals surface area (Å²) in [5.41, 5.74) is 0.847. The van der Waals surface area contributed by atoms with Crippen molar-refractivity contribution in [3.05, 3.63) is 10.6 Å². The molecule has 1 N–H and O–H groups in total. The van der Waals surface area contributed by atoms with Gasteiger partial charge in [0, 0.05) is 18.6 Å². The average molecular weight is 280 g/mol. The second-order valence-electron chi connectivity index (χ2n) is 5.31. The summed E-state index contributed by atoms with van der Waals surface area (Å²) < 4.78 is 3.94. The van der Waals surface area contributed by atoms with Crippen LogP contribution in [0.3, 0.4) is 0 Å². The summed E-state index contributed by atoms with van der Waals surface area (Å²) >= 11 is 1.24. The largest absolute Gasteiger partial charge is 0.333 e. The molecule has 19 heavy (non-hydrogen) atoms. The summed E-state index contributed by atoms with van der Waals surface area (Å²) in [5.74, 6) is 0.142. The van der Waals surface area contributed by atoms with Crippen molar-refractivity contribution in [1.29, 1.82) is 0 Å². The van der Waals surface area contributed by atoms with Crippen LogP contribution in [0, 0.1) is 0 Å². The summed E-state index contributed by atoms with van der Waals surface area (Å²) in [5, 5.41) is 7.59. The predicted molar refractivity (Wildman–Crippen MR) is 74.4 cm³/mol. The molecule has 5 nitrogen and oxygen atoms in total. The van der Waals surface area contributed by atoms with Crippen LogP contribution in [0.25, 0.3) is 0 Å². The molecule has 1 aromatic rings. The van der Waals surface area contributed by atoms with E-state index in [1.807, 2.05) is 6.92 Å². The molecule has 6 heteroatoms. The van der Waals surface area contributed by atoms with E-state index in [1.54, 1.807) is 0 Å². The molecule has 0 bridgehead atoms. The summed E-state index contributed by atoms with van der Waals surface area (Å²) in [6.45, 7) is 3.99. The van der Waals surface area contributed by atoms with E-state index < -0.39 is 0 Å². The van der Waals surface area contributed by atoms with Gasteiger partial charge in [-0.25, -0.2) is 0 Å². The number of amides is 1. The lowest BCUT2D eigenvalue weighted by atomic mass is 10.0. The molecule has 2 saturated heterocycles. The summed E-state index contributed by atoms with van der Waals surface area (Å²) in [4.78, 5) is 15.5. The molecule has 2 unspecified atom stereocenters. The maximum absolute atomic E-state index is 12.7. The fraction of sp³-hybridized carbons (Fsp3) is 0.769. The van der Waals surface area contributed by atoms with Gasteiger partial charge in [0.15, 0.2) is 0 Å². The fourth-order valence-corrected chi connectivity index (χ4v) is 3.94. The Morgan fingerprint density at radius 2 is 2.37 bits per heavy atom. The first-order valence-electron chi connectivity index (χ1n) is 7.17. The third-order valence-electron chi connectivity index (χ3n) is 4.21. The highest BCUT2D eigenvalue weighted by atomic mass is 32.1. The lowest BCUT2D eigenvalue weighted by Gasteiger charge is -2.29. The van der Waals surface area contributed by atoms with E-state index in [9.17, 15) is 4.79 Å². The third-order valence-corrected chi connectivity index (χ3v) is 4.96. The first-order valence-corrected chi connectivity index (χ1v) is 7.94. The standard InChI is InChI=1S/C13H20N4OS/c1-2-9-12(19-16-15-9)13(18)17-8-4-6-11(17)10-5-3-7-14-10/h10-11,14H,2-8H2,1H3. The van der Waals surface area contributed by atoms with E-state index in [2.05, 4.69) is 19.8 Å². The number of nitrogens with zero attached hydrogens (tertiary/aromatic N) is 3. The summed E-state index contributed by atoms with van der Waals surface area (Å²) in [7, 11) is 0. The van der Waals surface area contributed by atoms with Gasteiger partial charge >= 0.3 is 0 Å². The quantitative estimate of drug-likeness (QED) is 0.910. The lowest BCUT2D eigenvalue weighted by Crippen LogP contribution is -2.46. The minimum Gasteiger partial charge on any atom is -0.333 e. The SMILES string of the molecule is CCc1nnsc1C(=O)N1CCCC1C1CCCN1. The van der Waals surface area contributed by atoms with Gasteiger partial charge in [-0.2, -0.15) is 0 Å². The van der Waals surface area contributed by atoms with E-state index in [0.717, 1.165) is 42.9 Å². The van der Waals surface area contributed by atoms with Gasteiger partial charge in [-0.15, -0.1) is 5.10 Å². The van der Waals surface area contributed by atoms with E-state index in [1.165, 1.54) is 24.4 Å². The monoisotopic (exact) mass is 280 g/mol. The number of hydrogen-bond acceptors (Lipinski definition) is 5. The number of aryl methyl sites for hydroxylation is 1. The Labute approximate surface area is 117 Å². The van der Waals surface area contributed by atoms with Crippen molar-refractivity contribution in [2.24, 2.45) is 0 Å². The lowest BCUT2D eigenvalue weighted by molar-refractivity contribution is 0.0715. The number of rotatable bonds is 3. The third kappa shape index (κ3) is 2.39. The van der Waals surface area contributed by atoms with Gasteiger partial charge in [0.2, 0.25) is 0 Å². The number of nitrogens with one attached hydrogen (secondary N) is 1. The average Bonchev–Trinajstić information content (AvgIpc) is 3.16. The van der Waals surface area contributed by atoms with Crippen molar-refractivity contribution in [2.75, 3.05) is 13.1 Å². The summed E-state index contributed by atoms with van der Waals surface area (Å²) in [6.07, 6.45) is 5.43. The smallest absolute Gasteiger partial charge is 0.267 e. The molecule has 0 radical (unpaired) electrons. The highest BCUT2D eigenvalue weighted by Gasteiger charge is 2.37. The van der Waals surface area contributed by atoms with Crippen LogP contribution in [0.1, 0.15) is 48.0 Å². The van der Waals surface area contributed by atoms with Crippen LogP contribution >= 0.6 is 11.5 Å². The van der Waals surface area contributed by atoms with Crippen LogP contribution in [0.2, 0.25) is 0 Å². The van der Waals surface area contributed by atoms with Gasteiger partial charge in [-0.1, -0.05) is 11.4 Å². The molecule has 2 aliphatic heterocycles. The van der Waals surface area contributed by atoms with Crippen LogP contribution in [0.5, 0.6) is 0 Å². The highest BCUT2D eigenvalue weighted by Crippen LogP contribution is 2.27. The van der Waals surface area contributed by atoms with Crippen LogP contribution in [0.4, 0.5) is 0 Å². The van der Waals surface area contributed by atoms with Gasteiger partial charge in [0.05, 0.1) is 5.69 Å². The van der Waals surface area contributed by atoms with Crippen LogP contribution in [-0.2, 0) is 6.42 Å². The maximum Gasteiger partial charge on any atom is 0.267 e. The number of carbonyl (C=O) groups is 1. The zero-order valence-corrected chi connectivity index (χ0v) is 12.1. The Hall–Kier alpha value is -1.01. The van der Waals surface area contributed by atoms with Crippen molar-refractivity contribution in [3.63, 3.8) is 0 Å². The minimum atomic E-state index is 0.142. The molecule has 1 amide bonds. The normalized spacial score (nSPS) is 27.1. The zero-order chi connectivity index (χ0) is 13.2. The van der Waals surface area contributed by atoms with Gasteiger partial charge in [-0.3, -0.25) is 4.79 Å². The second kappa shape index (κ2) is 5.54. The van der Waals surface area contributed by atoms with Gasteiger partial charge in [0.1, 0.15) is 4.88 Å². The van der Waals surface area contributed by atoms with Crippen LogP contribution in [-0.4, -0.2) is 45.6 Å². The Morgan fingerprint density at radius 3 is 3.11 bits per heavy atom. The zero-order valence-electron chi connectivity index (χ0n) is 11.3. The van der Waals surface area contributed by atoms with Crippen LogP contribution in [0.15, 0.2) is 0 Å². The predicted octanol–water partition coefficient (Wildman–Crippen LogP) is 1.46. The van der Waals surface area contributed by atoms with Crippen molar-refractivity contribution in [3.8, 4) is 0 Å². The molecule has 0 aromatic carbocycles. The molecule has 0 saturated carbocycles. The fourth-order valence-electron chi connectivity index (χ4n) is 3.24. The molecular weight excluding hydrogens is 260 g/mol. The van der Waals surface area contributed by atoms with Crippen molar-refractivity contribution >= 4 is 17.4 Å². The highest BCUT2D eigenvalue weighted by molar-refractivity contribution is 7.08. The molecule has 3 heterocycles. The molecule has 0 spiro atoms. The molecule has 3 rings (SSSR count). The maximum atomic E-state index is 12.7. The Balaban J connectivity index is 1.78. The molecule has 0 aliphatic carbocycles. The first kappa shape index (κ1) is 13.0. The number of carbonyl (C=O) groups excluding carboxylic acids is 1. The summed E-state index contributed by atoms with van der Waals surface area (Å²) in [6, 6.07) is 0.846. The number of likely N-dealkylation sites (tertiary alicyclic amines) is 1. The molecule has 104 valence electrons. The molecule has 2 fully saturated rings. The first-order chi connectivity index (χ1) is 9.31. The van der Waals surface area contributed by atoms with Crippen molar-refractivity contribution in [2.45, 2.75) is 51.1 Å². The Morgan fingerprint density at radius 1 is 1.47 bits per heavy atom. The van der Waals surface area contributed by atoms with Gasteiger partial charge < -0.3 is 10.2 Å². The van der Waals surface area contributed by atoms with E-state index in [4.69, 9.17) is 0 Å². The van der Waals surface area contributed by atoms with E-state index in [-0.39, 0.29) is 5.91 Å². The second-order valence-corrected chi connectivity index (χ2v) is 6.07. The Bertz CT molecular complexity index is 455. The Kier molecular flexibility index (Phi) is 3.79.